The van der Waals surface area contributed by atoms with Gasteiger partial charge in [0, 0.05) is 76.2 Å². The molecule has 2 aliphatic heterocycles. The lowest BCUT2D eigenvalue weighted by molar-refractivity contribution is 0.0632. The molecule has 0 atom stereocenters. The molecule has 1 fully saturated rings. The highest BCUT2D eigenvalue weighted by Gasteiger charge is 2.27. The predicted molar refractivity (Wildman–Crippen MR) is 138 cm³/mol. The fraction of sp³-hybridized carbons (Fsp3) is 0.385. The first-order chi connectivity index (χ1) is 18.0. The van der Waals surface area contributed by atoms with E-state index >= 15 is 0 Å². The van der Waals surface area contributed by atoms with Gasteiger partial charge in [-0.2, -0.15) is 0 Å². The third-order valence-electron chi connectivity index (χ3n) is 6.73. The van der Waals surface area contributed by atoms with E-state index in [1.165, 1.54) is 6.20 Å². The summed E-state index contributed by atoms with van der Waals surface area (Å²) < 4.78 is 28.5. The maximum Gasteiger partial charge on any atom is 0.274 e. The number of benzene rings is 1. The normalized spacial score (nSPS) is 16.2. The average Bonchev–Trinajstić information content (AvgIpc) is 3.14. The van der Waals surface area contributed by atoms with Gasteiger partial charge in [-0.05, 0) is 30.7 Å². The van der Waals surface area contributed by atoms with Crippen molar-refractivity contribution in [3.63, 3.8) is 0 Å². The number of carbonyl (C=O) groups excluding carboxylic acids is 1. The van der Waals surface area contributed by atoms with Gasteiger partial charge in [0.15, 0.2) is 11.6 Å². The van der Waals surface area contributed by atoms with Crippen molar-refractivity contribution < 1.29 is 13.6 Å². The van der Waals surface area contributed by atoms with Gasteiger partial charge in [0.05, 0.1) is 11.2 Å². The molecule has 2 aliphatic rings. The van der Waals surface area contributed by atoms with Crippen LogP contribution in [-0.2, 0) is 13.0 Å². The molecule has 8 nitrogen and oxygen atoms in total. The molecule has 3 aromatic rings. The summed E-state index contributed by atoms with van der Waals surface area (Å²) in [7, 11) is 0. The van der Waals surface area contributed by atoms with Gasteiger partial charge in [-0.3, -0.25) is 14.7 Å². The quantitative estimate of drug-likeness (QED) is 0.491. The molecule has 1 saturated heterocycles. The predicted octanol–water partition coefficient (Wildman–Crippen LogP) is 3.63. The second-order valence-electron chi connectivity index (χ2n) is 9.16. The molecular formula is C26H28ClF2N7O. The highest BCUT2D eigenvalue weighted by molar-refractivity contribution is 6.31. The largest absolute Gasteiger partial charge is 0.367 e. The Kier molecular flexibility index (Phi) is 7.76. The summed E-state index contributed by atoms with van der Waals surface area (Å²) in [4.78, 5) is 32.6. The Morgan fingerprint density at radius 1 is 1.03 bits per heavy atom. The number of nitrogens with zero attached hydrogens (tertiary/aromatic N) is 6. The van der Waals surface area contributed by atoms with E-state index < -0.39 is 11.6 Å². The molecular weight excluding hydrogens is 500 g/mol. The SMILES string of the molecule is O=C(c1cnc2c(n1)N(Cc1c(F)ccc(F)c1Cl)CCCN2)N1CCN(CCc2ccccn2)CC1. The fourth-order valence-electron chi connectivity index (χ4n) is 4.62. The smallest absolute Gasteiger partial charge is 0.274 e. The first-order valence-electron chi connectivity index (χ1n) is 12.4. The second-order valence-corrected chi connectivity index (χ2v) is 9.53. The Bertz CT molecular complexity index is 1260. The molecule has 2 aromatic heterocycles. The molecule has 0 unspecified atom stereocenters. The standard InChI is InChI=1S/C26H28ClF2N7O/c27-23-19(20(28)5-6-21(23)29)17-36-10-3-9-31-24-25(36)33-22(16-32-24)26(37)35-14-12-34(13-15-35)11-7-18-4-1-2-8-30-18/h1-2,4-6,8,16H,3,7,9-15,17H2,(H,31,32). The van der Waals surface area contributed by atoms with Crippen LogP contribution in [0.4, 0.5) is 20.4 Å². The van der Waals surface area contributed by atoms with Gasteiger partial charge in [-0.25, -0.2) is 18.7 Å². The van der Waals surface area contributed by atoms with E-state index in [1.54, 1.807) is 16.0 Å². The Balaban J connectivity index is 1.27. The van der Waals surface area contributed by atoms with Gasteiger partial charge < -0.3 is 15.1 Å². The number of hydrogen-bond acceptors (Lipinski definition) is 7. The Morgan fingerprint density at radius 3 is 2.62 bits per heavy atom. The summed E-state index contributed by atoms with van der Waals surface area (Å²) in [5.41, 5.74) is 1.33. The molecule has 0 aliphatic carbocycles. The van der Waals surface area contributed by atoms with Crippen molar-refractivity contribution in [2.24, 2.45) is 0 Å². The number of fused-ring (bicyclic) bond motifs is 1. The van der Waals surface area contributed by atoms with Crippen LogP contribution in [0.1, 0.15) is 28.2 Å². The number of carbonyl (C=O) groups is 1. The molecule has 1 amide bonds. The van der Waals surface area contributed by atoms with Crippen LogP contribution in [0, 0.1) is 11.6 Å². The van der Waals surface area contributed by atoms with Crippen molar-refractivity contribution in [3.8, 4) is 0 Å². The summed E-state index contributed by atoms with van der Waals surface area (Å²) in [6, 6.07) is 7.98. The lowest BCUT2D eigenvalue weighted by Crippen LogP contribution is -2.49. The Hall–Kier alpha value is -3.37. The molecule has 0 bridgehead atoms. The van der Waals surface area contributed by atoms with Gasteiger partial charge >= 0.3 is 0 Å². The van der Waals surface area contributed by atoms with E-state index in [2.05, 4.69) is 25.2 Å². The van der Waals surface area contributed by atoms with Gasteiger partial charge in [0.25, 0.3) is 5.91 Å². The van der Waals surface area contributed by atoms with Crippen LogP contribution in [0.5, 0.6) is 0 Å². The Morgan fingerprint density at radius 2 is 1.84 bits per heavy atom. The zero-order valence-electron chi connectivity index (χ0n) is 20.3. The molecule has 0 radical (unpaired) electrons. The fourth-order valence-corrected chi connectivity index (χ4v) is 4.84. The van der Waals surface area contributed by atoms with Gasteiger partial charge in [0.2, 0.25) is 0 Å². The van der Waals surface area contributed by atoms with Crippen molar-refractivity contribution in [1.29, 1.82) is 0 Å². The number of hydrogen-bond donors (Lipinski definition) is 1. The van der Waals surface area contributed by atoms with Crippen LogP contribution < -0.4 is 10.2 Å². The second kappa shape index (κ2) is 11.4. The Labute approximate surface area is 219 Å². The van der Waals surface area contributed by atoms with Crippen LogP contribution in [0.15, 0.2) is 42.7 Å². The van der Waals surface area contributed by atoms with Gasteiger partial charge in [-0.1, -0.05) is 17.7 Å². The van der Waals surface area contributed by atoms with Crippen molar-refractivity contribution in [1.82, 2.24) is 24.8 Å². The van der Waals surface area contributed by atoms with Crippen LogP contribution in [0.3, 0.4) is 0 Å². The van der Waals surface area contributed by atoms with Crippen LogP contribution in [0.25, 0.3) is 0 Å². The number of amides is 1. The maximum atomic E-state index is 14.5. The molecule has 194 valence electrons. The summed E-state index contributed by atoms with van der Waals surface area (Å²) >= 11 is 6.08. The summed E-state index contributed by atoms with van der Waals surface area (Å²) in [6.07, 6.45) is 4.87. The van der Waals surface area contributed by atoms with E-state index in [9.17, 15) is 13.6 Å². The summed E-state index contributed by atoms with van der Waals surface area (Å²) in [6.45, 7) is 4.77. The minimum atomic E-state index is -0.680. The maximum absolute atomic E-state index is 14.5. The zero-order chi connectivity index (χ0) is 25.8. The van der Waals surface area contributed by atoms with Crippen molar-refractivity contribution in [2.75, 3.05) is 56.0 Å². The minimum Gasteiger partial charge on any atom is -0.367 e. The minimum absolute atomic E-state index is 0.0123. The first-order valence-corrected chi connectivity index (χ1v) is 12.8. The summed E-state index contributed by atoms with van der Waals surface area (Å²) in [5, 5.41) is 2.96. The number of anilines is 2. The number of rotatable bonds is 6. The van der Waals surface area contributed by atoms with E-state index in [-0.39, 0.29) is 28.7 Å². The van der Waals surface area contributed by atoms with E-state index in [0.29, 0.717) is 37.8 Å². The monoisotopic (exact) mass is 527 g/mol. The van der Waals surface area contributed by atoms with Crippen molar-refractivity contribution in [3.05, 3.63) is 76.3 Å². The van der Waals surface area contributed by atoms with Gasteiger partial charge in [-0.15, -0.1) is 0 Å². The number of pyridine rings is 1. The third kappa shape index (κ3) is 5.80. The highest BCUT2D eigenvalue weighted by atomic mass is 35.5. The molecule has 1 aromatic carbocycles. The number of aromatic nitrogens is 3. The van der Waals surface area contributed by atoms with Crippen LogP contribution in [0.2, 0.25) is 5.02 Å². The molecule has 4 heterocycles. The van der Waals surface area contributed by atoms with E-state index in [4.69, 9.17) is 11.6 Å². The summed E-state index contributed by atoms with van der Waals surface area (Å²) in [5.74, 6) is -0.538. The molecule has 1 N–H and O–H groups in total. The lowest BCUT2D eigenvalue weighted by atomic mass is 10.2. The first kappa shape index (κ1) is 25.3. The van der Waals surface area contributed by atoms with Crippen molar-refractivity contribution in [2.45, 2.75) is 19.4 Å². The van der Waals surface area contributed by atoms with Crippen LogP contribution >= 0.6 is 11.6 Å². The molecule has 0 saturated carbocycles. The lowest BCUT2D eigenvalue weighted by Gasteiger charge is -2.34. The highest BCUT2D eigenvalue weighted by Crippen LogP contribution is 2.30. The topological polar surface area (TPSA) is 77.5 Å². The van der Waals surface area contributed by atoms with Gasteiger partial charge in [0.1, 0.15) is 17.3 Å². The van der Waals surface area contributed by atoms with Crippen LogP contribution in [-0.4, -0.2) is 76.5 Å². The molecule has 0 spiro atoms. The third-order valence-corrected chi connectivity index (χ3v) is 7.14. The molecule has 5 rings (SSSR count). The van der Waals surface area contributed by atoms with E-state index in [1.807, 2.05) is 18.2 Å². The molecule has 37 heavy (non-hydrogen) atoms. The van der Waals surface area contributed by atoms with Crippen molar-refractivity contribution >= 4 is 29.1 Å². The number of nitrogens with one attached hydrogen (secondary N) is 1. The number of halogens is 3. The zero-order valence-corrected chi connectivity index (χ0v) is 21.1. The van der Waals surface area contributed by atoms with E-state index in [0.717, 1.165) is 50.3 Å². The number of piperazine rings is 1. The average molecular weight is 528 g/mol. The molecule has 11 heteroatoms.